The van der Waals surface area contributed by atoms with Crippen molar-refractivity contribution in [3.05, 3.63) is 60.2 Å². The Morgan fingerprint density at radius 2 is 1.63 bits per heavy atom. The Morgan fingerprint density at radius 3 is 2.40 bits per heavy atom. The van der Waals surface area contributed by atoms with Crippen LogP contribution in [0.2, 0.25) is 0 Å². The number of fused-ring (bicyclic) bond motifs is 1. The number of alkyl halides is 3. The molecule has 5 N–H and O–H groups in total. The number of benzene rings is 1. The van der Waals surface area contributed by atoms with Crippen molar-refractivity contribution in [3.8, 4) is 0 Å². The Balaban J connectivity index is 0.765. The predicted octanol–water partition coefficient (Wildman–Crippen LogP) is 1.72. The minimum absolute atomic E-state index is 0.0646. The minimum Gasteiger partial charge on any atom is -0.379 e. The van der Waals surface area contributed by atoms with Crippen LogP contribution in [0.15, 0.2) is 49.1 Å². The van der Waals surface area contributed by atoms with Crippen LogP contribution in [0.5, 0.6) is 0 Å². The molecule has 4 heterocycles. The van der Waals surface area contributed by atoms with Crippen molar-refractivity contribution in [2.75, 3.05) is 71.5 Å². The maximum Gasteiger partial charge on any atom is 0.416 e. The molecule has 63 heavy (non-hydrogen) atoms. The molecule has 6 rings (SSSR count). The first kappa shape index (κ1) is 46.5. The molecule has 3 fully saturated rings. The number of hydrogen-bond acceptors (Lipinski definition) is 12. The molecule has 3 aromatic rings. The van der Waals surface area contributed by atoms with Crippen molar-refractivity contribution >= 4 is 52.2 Å². The third-order valence-electron chi connectivity index (χ3n) is 11.5. The molecule has 2 saturated heterocycles. The summed E-state index contributed by atoms with van der Waals surface area (Å²) in [7, 11) is 1.67. The van der Waals surface area contributed by atoms with Gasteiger partial charge >= 0.3 is 6.18 Å². The molecule has 6 amide bonds. The molecule has 1 aliphatic carbocycles. The van der Waals surface area contributed by atoms with Gasteiger partial charge < -0.3 is 45.9 Å². The van der Waals surface area contributed by atoms with E-state index in [1.165, 1.54) is 12.4 Å². The molecule has 2 aliphatic heterocycles. The highest BCUT2D eigenvalue weighted by atomic mass is 19.4. The number of likely N-dealkylation sites (tertiary alicyclic amines) is 2. The number of pyridine rings is 1. The third-order valence-corrected chi connectivity index (χ3v) is 11.5. The maximum absolute atomic E-state index is 13.3. The summed E-state index contributed by atoms with van der Waals surface area (Å²) in [5.74, 6) is -1.92. The summed E-state index contributed by atoms with van der Waals surface area (Å²) in [6.45, 7) is 1.58. The van der Waals surface area contributed by atoms with Crippen LogP contribution in [-0.4, -0.2) is 138 Å². The predicted molar refractivity (Wildman–Crippen MR) is 220 cm³/mol. The van der Waals surface area contributed by atoms with Crippen LogP contribution in [-0.2, 0) is 44.4 Å². The summed E-state index contributed by atoms with van der Waals surface area (Å²) in [6.07, 6.45) is 3.07. The highest BCUT2D eigenvalue weighted by Crippen LogP contribution is 2.37. The molecule has 0 unspecified atom stereocenters. The number of amides is 6. The van der Waals surface area contributed by atoms with Crippen molar-refractivity contribution in [3.63, 3.8) is 0 Å². The maximum atomic E-state index is 13.3. The molecular formula is C42H53F3N10O8. The standard InChI is InChI=1S/C42H53F3N10O8/c1-54-36(58)22-31(37(54)27-3-2-12-46-23-27)40(60)49-15-20-63-24-35(57)47-14-19-62-18-11-34(56)52-29-7-4-26(5-8-29)39(59)48-13-17-55-16-10-33(41(55)61)53-38-30-21-28(42(43,44)45)6-9-32(30)50-25-51-38/h2-3,6,9,12,21,23,25-26,29,31,33,37H,4-5,7-8,10-11,13-20,22,24H2,1H3,(H,47,57)(H,48,59)(H,49,60)(H,52,56)(H,50,51,53)/t26?,29?,31-,33-,37+/m0/s1. The fourth-order valence-corrected chi connectivity index (χ4v) is 8.10. The molecule has 21 heteroatoms. The Labute approximate surface area is 361 Å². The zero-order valence-electron chi connectivity index (χ0n) is 35.0. The lowest BCUT2D eigenvalue weighted by Crippen LogP contribution is -2.43. The lowest BCUT2D eigenvalue weighted by atomic mass is 9.85. The average Bonchev–Trinajstić information content (AvgIpc) is 3.77. The minimum atomic E-state index is -4.54. The second-order valence-electron chi connectivity index (χ2n) is 15.8. The normalized spacial score (nSPS) is 21.4. The van der Waals surface area contributed by atoms with E-state index in [0.29, 0.717) is 44.2 Å². The Kier molecular flexibility index (Phi) is 16.2. The molecule has 1 aromatic carbocycles. The molecule has 3 atom stereocenters. The number of carbonyl (C=O) groups is 6. The Bertz CT molecular complexity index is 2090. The third kappa shape index (κ3) is 12.8. The van der Waals surface area contributed by atoms with Gasteiger partial charge in [-0.1, -0.05) is 6.07 Å². The van der Waals surface area contributed by atoms with E-state index in [1.54, 1.807) is 35.3 Å². The quantitative estimate of drug-likeness (QED) is 0.102. The van der Waals surface area contributed by atoms with Crippen LogP contribution in [0.1, 0.15) is 62.1 Å². The molecule has 18 nitrogen and oxygen atoms in total. The number of nitrogens with one attached hydrogen (secondary N) is 5. The molecule has 0 radical (unpaired) electrons. The number of halogens is 3. The highest BCUT2D eigenvalue weighted by molar-refractivity contribution is 5.93. The molecule has 340 valence electrons. The summed E-state index contributed by atoms with van der Waals surface area (Å²) in [4.78, 5) is 91.2. The Hall–Kier alpha value is -5.96. The molecular weight excluding hydrogens is 830 g/mol. The van der Waals surface area contributed by atoms with Gasteiger partial charge in [0.25, 0.3) is 0 Å². The van der Waals surface area contributed by atoms with Crippen molar-refractivity contribution < 1.29 is 51.4 Å². The number of hydrogen-bond donors (Lipinski definition) is 5. The molecule has 3 aliphatic rings. The zero-order chi connectivity index (χ0) is 44.9. The average molecular weight is 883 g/mol. The first-order chi connectivity index (χ1) is 30.3. The van der Waals surface area contributed by atoms with Crippen LogP contribution in [0, 0.1) is 11.8 Å². The number of ether oxygens (including phenoxy) is 2. The molecule has 1 saturated carbocycles. The fraction of sp³-hybridized carbons (Fsp3) is 0.548. The van der Waals surface area contributed by atoms with Crippen LogP contribution < -0.4 is 26.6 Å². The fourth-order valence-electron chi connectivity index (χ4n) is 8.10. The smallest absolute Gasteiger partial charge is 0.379 e. The first-order valence-electron chi connectivity index (χ1n) is 21.1. The molecule has 2 aromatic heterocycles. The molecule has 0 bridgehead atoms. The van der Waals surface area contributed by atoms with Gasteiger partial charge in [0.05, 0.1) is 42.9 Å². The van der Waals surface area contributed by atoms with E-state index >= 15 is 0 Å². The topological polar surface area (TPSA) is 226 Å². The van der Waals surface area contributed by atoms with E-state index in [4.69, 9.17) is 9.47 Å². The van der Waals surface area contributed by atoms with Gasteiger partial charge in [0, 0.05) is 82.4 Å². The lowest BCUT2D eigenvalue weighted by Gasteiger charge is -2.28. The first-order valence-corrected chi connectivity index (χ1v) is 21.1. The van der Waals surface area contributed by atoms with Gasteiger partial charge in [-0.05, 0) is 61.9 Å². The van der Waals surface area contributed by atoms with E-state index in [2.05, 4.69) is 41.5 Å². The van der Waals surface area contributed by atoms with Gasteiger partial charge in [0.1, 0.15) is 24.8 Å². The second-order valence-corrected chi connectivity index (χ2v) is 15.8. The van der Waals surface area contributed by atoms with Crippen molar-refractivity contribution in [1.82, 2.24) is 46.0 Å². The Morgan fingerprint density at radius 1 is 0.873 bits per heavy atom. The van der Waals surface area contributed by atoms with E-state index in [1.807, 2.05) is 6.07 Å². The SMILES string of the molecule is CN1C(=O)C[C@H](C(=O)NCCOCC(=O)NCCOCCC(=O)NC2CCC(C(=O)NCCN3CC[C@H](Nc4ncnc5ccc(C(F)(F)F)cc45)C3=O)CC2)[C@H]1c1cccnc1. The number of rotatable bonds is 20. The number of anilines is 1. The number of nitrogens with zero attached hydrogens (tertiary/aromatic N) is 5. The van der Waals surface area contributed by atoms with E-state index in [-0.39, 0.29) is 124 Å². The second kappa shape index (κ2) is 21.9. The largest absolute Gasteiger partial charge is 0.416 e. The van der Waals surface area contributed by atoms with Gasteiger partial charge in [0.2, 0.25) is 35.4 Å². The van der Waals surface area contributed by atoms with Crippen LogP contribution in [0.4, 0.5) is 19.0 Å². The number of carbonyl (C=O) groups excluding carboxylic acids is 6. The summed E-state index contributed by atoms with van der Waals surface area (Å²) in [5.41, 5.74) is 0.259. The van der Waals surface area contributed by atoms with Gasteiger partial charge in [0.15, 0.2) is 0 Å². The zero-order valence-corrected chi connectivity index (χ0v) is 35.0. The van der Waals surface area contributed by atoms with E-state index in [9.17, 15) is 41.9 Å². The lowest BCUT2D eigenvalue weighted by molar-refractivity contribution is -0.137. The summed E-state index contributed by atoms with van der Waals surface area (Å²) in [5, 5.41) is 14.5. The van der Waals surface area contributed by atoms with Crippen LogP contribution in [0.3, 0.4) is 0 Å². The number of aromatic nitrogens is 3. The van der Waals surface area contributed by atoms with Crippen LogP contribution >= 0.6 is 0 Å². The van der Waals surface area contributed by atoms with Gasteiger partial charge in [-0.2, -0.15) is 13.2 Å². The van der Waals surface area contributed by atoms with E-state index < -0.39 is 29.7 Å². The monoisotopic (exact) mass is 882 g/mol. The van der Waals surface area contributed by atoms with Crippen molar-refractivity contribution in [2.45, 2.75) is 69.2 Å². The van der Waals surface area contributed by atoms with Crippen molar-refractivity contribution in [2.24, 2.45) is 11.8 Å². The summed E-state index contributed by atoms with van der Waals surface area (Å²) >= 11 is 0. The van der Waals surface area contributed by atoms with Gasteiger partial charge in [-0.15, -0.1) is 0 Å². The summed E-state index contributed by atoms with van der Waals surface area (Å²) < 4.78 is 50.8. The van der Waals surface area contributed by atoms with Crippen LogP contribution in [0.25, 0.3) is 10.9 Å². The molecule has 0 spiro atoms. The highest BCUT2D eigenvalue weighted by Gasteiger charge is 2.42. The van der Waals surface area contributed by atoms with Gasteiger partial charge in [-0.3, -0.25) is 33.8 Å². The van der Waals surface area contributed by atoms with Gasteiger partial charge in [-0.25, -0.2) is 9.97 Å². The van der Waals surface area contributed by atoms with Crippen molar-refractivity contribution in [1.29, 1.82) is 0 Å². The summed E-state index contributed by atoms with van der Waals surface area (Å²) in [6, 6.07) is 5.62. The van der Waals surface area contributed by atoms with E-state index in [0.717, 1.165) is 17.7 Å².